The van der Waals surface area contributed by atoms with E-state index >= 15 is 0 Å². The second kappa shape index (κ2) is 4.28. The zero-order valence-electron chi connectivity index (χ0n) is 7.70. The van der Waals surface area contributed by atoms with Gasteiger partial charge in [0.15, 0.2) is 0 Å². The summed E-state index contributed by atoms with van der Waals surface area (Å²) in [6.45, 7) is 3.83. The fourth-order valence-electron chi connectivity index (χ4n) is 1.58. The van der Waals surface area contributed by atoms with Crippen molar-refractivity contribution in [1.82, 2.24) is 0 Å². The van der Waals surface area contributed by atoms with Gasteiger partial charge < -0.3 is 9.64 Å². The zero-order chi connectivity index (χ0) is 8.93. The minimum Gasteiger partial charge on any atom is -0.380 e. The van der Waals surface area contributed by atoms with Crippen LogP contribution in [0.4, 0.5) is 5.69 Å². The van der Waals surface area contributed by atoms with Gasteiger partial charge in [-0.05, 0) is 24.6 Å². The second-order valence-corrected chi connectivity index (χ2v) is 3.21. The predicted octanol–water partition coefficient (Wildman–Crippen LogP) is 1.71. The van der Waals surface area contributed by atoms with Crippen LogP contribution < -0.4 is 4.90 Å². The molecule has 1 aromatic rings. The Morgan fingerprint density at radius 2 is 2.31 bits per heavy atom. The van der Waals surface area contributed by atoms with Gasteiger partial charge in [0, 0.05) is 25.4 Å². The molecular formula is C11H14NO. The average molecular weight is 176 g/mol. The Kier molecular flexibility index (Phi) is 2.82. The molecule has 0 aliphatic carbocycles. The number of anilines is 1. The van der Waals surface area contributed by atoms with E-state index in [1.54, 1.807) is 0 Å². The standard InChI is InChI=1S/C11H14NO/c1-2-5-11(6-3-1)12-7-4-9-13-10-8-12/h1-2,5-6H,4,7-10H2. The summed E-state index contributed by atoms with van der Waals surface area (Å²) in [5.74, 6) is 0. The maximum Gasteiger partial charge on any atom is 0.0641 e. The Morgan fingerprint density at radius 1 is 1.31 bits per heavy atom. The molecule has 13 heavy (non-hydrogen) atoms. The van der Waals surface area contributed by atoms with E-state index in [0.29, 0.717) is 0 Å². The molecule has 0 atom stereocenters. The number of nitrogens with zero attached hydrogens (tertiary/aromatic N) is 1. The second-order valence-electron chi connectivity index (χ2n) is 3.21. The molecule has 0 N–H and O–H groups in total. The third-order valence-corrected chi connectivity index (χ3v) is 2.28. The van der Waals surface area contributed by atoms with Gasteiger partial charge in [-0.25, -0.2) is 0 Å². The molecule has 1 fully saturated rings. The van der Waals surface area contributed by atoms with Crippen LogP contribution in [-0.2, 0) is 4.74 Å². The Morgan fingerprint density at radius 3 is 3.15 bits per heavy atom. The Bertz CT molecular complexity index is 240. The molecule has 1 radical (unpaired) electrons. The highest BCUT2D eigenvalue weighted by molar-refractivity contribution is 5.45. The van der Waals surface area contributed by atoms with Crippen LogP contribution in [0.25, 0.3) is 0 Å². The monoisotopic (exact) mass is 176 g/mol. The summed E-state index contributed by atoms with van der Waals surface area (Å²) in [7, 11) is 0. The normalized spacial score (nSPS) is 18.3. The Labute approximate surface area is 79.1 Å². The largest absolute Gasteiger partial charge is 0.380 e. The molecule has 2 heteroatoms. The van der Waals surface area contributed by atoms with Crippen molar-refractivity contribution in [2.75, 3.05) is 31.2 Å². The lowest BCUT2D eigenvalue weighted by Gasteiger charge is -2.21. The summed E-state index contributed by atoms with van der Waals surface area (Å²) in [5.41, 5.74) is 1.26. The lowest BCUT2D eigenvalue weighted by molar-refractivity contribution is 0.152. The van der Waals surface area contributed by atoms with Crippen molar-refractivity contribution < 1.29 is 4.74 Å². The van der Waals surface area contributed by atoms with Gasteiger partial charge in [0.25, 0.3) is 0 Å². The van der Waals surface area contributed by atoms with Crippen molar-refractivity contribution in [3.63, 3.8) is 0 Å². The first-order valence-corrected chi connectivity index (χ1v) is 4.75. The number of ether oxygens (including phenoxy) is 1. The minimum atomic E-state index is 0.842. The van der Waals surface area contributed by atoms with Crippen molar-refractivity contribution in [2.45, 2.75) is 6.42 Å². The van der Waals surface area contributed by atoms with Gasteiger partial charge in [-0.3, -0.25) is 0 Å². The molecule has 1 saturated heterocycles. The van der Waals surface area contributed by atoms with Crippen molar-refractivity contribution in [1.29, 1.82) is 0 Å². The van der Waals surface area contributed by atoms with Gasteiger partial charge in [0.2, 0.25) is 0 Å². The van der Waals surface area contributed by atoms with Gasteiger partial charge in [-0.15, -0.1) is 0 Å². The molecule has 0 unspecified atom stereocenters. The molecule has 0 saturated carbocycles. The van der Waals surface area contributed by atoms with Crippen LogP contribution in [-0.4, -0.2) is 26.3 Å². The fourth-order valence-corrected chi connectivity index (χ4v) is 1.58. The first-order valence-electron chi connectivity index (χ1n) is 4.75. The highest BCUT2D eigenvalue weighted by atomic mass is 16.5. The molecule has 2 rings (SSSR count). The third-order valence-electron chi connectivity index (χ3n) is 2.28. The first kappa shape index (κ1) is 8.57. The van der Waals surface area contributed by atoms with E-state index in [-0.39, 0.29) is 0 Å². The third kappa shape index (κ3) is 2.22. The molecule has 1 aliphatic rings. The molecule has 2 nitrogen and oxygen atoms in total. The maximum atomic E-state index is 5.39. The molecule has 69 valence electrons. The lowest BCUT2D eigenvalue weighted by Crippen LogP contribution is -2.25. The lowest BCUT2D eigenvalue weighted by atomic mass is 10.3. The SMILES string of the molecule is [c]1cccc(N2CCCOCC2)c1. The molecule has 1 heterocycles. The van der Waals surface area contributed by atoms with Crippen LogP contribution in [0.15, 0.2) is 24.3 Å². The number of hydrogen-bond donors (Lipinski definition) is 0. The Hall–Kier alpha value is -1.02. The van der Waals surface area contributed by atoms with Crippen LogP contribution in [0.3, 0.4) is 0 Å². The topological polar surface area (TPSA) is 12.5 Å². The molecule has 1 aromatic carbocycles. The number of benzene rings is 1. The van der Waals surface area contributed by atoms with E-state index in [1.165, 1.54) is 5.69 Å². The van der Waals surface area contributed by atoms with Crippen LogP contribution in [0.2, 0.25) is 0 Å². The molecule has 0 aromatic heterocycles. The zero-order valence-corrected chi connectivity index (χ0v) is 7.70. The van der Waals surface area contributed by atoms with Gasteiger partial charge in [0.1, 0.15) is 0 Å². The highest BCUT2D eigenvalue weighted by Gasteiger charge is 2.08. The van der Waals surface area contributed by atoms with Gasteiger partial charge in [0.05, 0.1) is 6.61 Å². The van der Waals surface area contributed by atoms with E-state index in [2.05, 4.69) is 17.0 Å². The predicted molar refractivity (Wildman–Crippen MR) is 52.9 cm³/mol. The summed E-state index contributed by atoms with van der Waals surface area (Å²) < 4.78 is 5.39. The molecule has 0 bridgehead atoms. The van der Waals surface area contributed by atoms with Crippen molar-refractivity contribution in [2.24, 2.45) is 0 Å². The van der Waals surface area contributed by atoms with E-state index in [0.717, 1.165) is 32.7 Å². The van der Waals surface area contributed by atoms with E-state index in [1.807, 2.05) is 18.2 Å². The van der Waals surface area contributed by atoms with E-state index in [4.69, 9.17) is 4.74 Å². The van der Waals surface area contributed by atoms with Crippen LogP contribution in [0.5, 0.6) is 0 Å². The van der Waals surface area contributed by atoms with Crippen molar-refractivity contribution in [3.8, 4) is 0 Å². The quantitative estimate of drug-likeness (QED) is 0.646. The minimum absolute atomic E-state index is 0.842. The molecule has 0 amide bonds. The van der Waals surface area contributed by atoms with E-state index < -0.39 is 0 Å². The van der Waals surface area contributed by atoms with E-state index in [9.17, 15) is 0 Å². The van der Waals surface area contributed by atoms with Crippen LogP contribution in [0.1, 0.15) is 6.42 Å². The van der Waals surface area contributed by atoms with Crippen molar-refractivity contribution in [3.05, 3.63) is 30.3 Å². The van der Waals surface area contributed by atoms with Crippen LogP contribution >= 0.6 is 0 Å². The van der Waals surface area contributed by atoms with Gasteiger partial charge in [-0.1, -0.05) is 12.1 Å². The Balaban J connectivity index is 2.06. The maximum absolute atomic E-state index is 5.39. The number of rotatable bonds is 1. The smallest absolute Gasteiger partial charge is 0.0641 e. The summed E-state index contributed by atoms with van der Waals surface area (Å²) >= 11 is 0. The summed E-state index contributed by atoms with van der Waals surface area (Å²) in [6.07, 6.45) is 1.12. The van der Waals surface area contributed by atoms with Gasteiger partial charge >= 0.3 is 0 Å². The highest BCUT2D eigenvalue weighted by Crippen LogP contribution is 2.14. The van der Waals surface area contributed by atoms with Gasteiger partial charge in [-0.2, -0.15) is 0 Å². The molecule has 0 spiro atoms. The molecular weight excluding hydrogens is 162 g/mol. The number of hydrogen-bond acceptors (Lipinski definition) is 2. The summed E-state index contributed by atoms with van der Waals surface area (Å²) in [4.78, 5) is 2.35. The van der Waals surface area contributed by atoms with Crippen LogP contribution in [0, 0.1) is 6.07 Å². The van der Waals surface area contributed by atoms with Crippen molar-refractivity contribution >= 4 is 5.69 Å². The fraction of sp³-hybridized carbons (Fsp3) is 0.455. The first-order chi connectivity index (χ1) is 6.47. The summed E-state index contributed by atoms with van der Waals surface area (Å²) in [6, 6.07) is 11.2. The summed E-state index contributed by atoms with van der Waals surface area (Å²) in [5, 5.41) is 0. The average Bonchev–Trinajstić information content (AvgIpc) is 2.47. The molecule has 1 aliphatic heterocycles.